The first-order valence-corrected chi connectivity index (χ1v) is 10.2. The zero-order valence-electron chi connectivity index (χ0n) is 14.2. The summed E-state index contributed by atoms with van der Waals surface area (Å²) >= 11 is 0. The lowest BCUT2D eigenvalue weighted by Gasteiger charge is -2.30. The van der Waals surface area contributed by atoms with Crippen LogP contribution in [0, 0.1) is 11.8 Å². The number of imide groups is 1. The van der Waals surface area contributed by atoms with Gasteiger partial charge in [0.05, 0.1) is 12.3 Å². The van der Waals surface area contributed by atoms with Gasteiger partial charge in [0, 0.05) is 19.6 Å². The maximum Gasteiger partial charge on any atom is 0.336 e. The molecule has 1 saturated heterocycles. The van der Waals surface area contributed by atoms with E-state index >= 15 is 0 Å². The van der Waals surface area contributed by atoms with Gasteiger partial charge in [-0.15, -0.1) is 5.06 Å². The molecule has 3 aliphatic rings. The van der Waals surface area contributed by atoms with Crippen molar-refractivity contribution in [2.75, 3.05) is 19.6 Å². The van der Waals surface area contributed by atoms with Crippen LogP contribution in [-0.2, 0) is 29.3 Å². The molecule has 1 saturated carbocycles. The third kappa shape index (κ3) is 4.13. The number of hydrogen-bond acceptors (Lipinski definition) is 7. The molecule has 2 aliphatic heterocycles. The van der Waals surface area contributed by atoms with Gasteiger partial charge < -0.3 is 4.84 Å². The zero-order chi connectivity index (χ0) is 18.9. The van der Waals surface area contributed by atoms with Crippen LogP contribution in [0.5, 0.6) is 0 Å². The zero-order valence-corrected chi connectivity index (χ0v) is 15.1. The molecule has 1 atom stereocenters. The molecule has 1 N–H and O–H groups in total. The van der Waals surface area contributed by atoms with E-state index in [1.165, 1.54) is 0 Å². The van der Waals surface area contributed by atoms with Crippen LogP contribution in [0.15, 0.2) is 12.2 Å². The van der Waals surface area contributed by atoms with Crippen LogP contribution >= 0.6 is 0 Å². The average Bonchev–Trinajstić information content (AvgIpc) is 3.18. The molecule has 2 amide bonds. The molecule has 0 spiro atoms. The van der Waals surface area contributed by atoms with Crippen molar-refractivity contribution in [2.24, 2.45) is 11.8 Å². The van der Waals surface area contributed by atoms with Crippen LogP contribution in [0.25, 0.3) is 0 Å². The van der Waals surface area contributed by atoms with Crippen LogP contribution in [-0.4, -0.2) is 65.6 Å². The van der Waals surface area contributed by atoms with Crippen molar-refractivity contribution >= 4 is 27.9 Å². The monoisotopic (exact) mass is 386 g/mol. The number of carbonyl (C=O) groups is 3. The normalized spacial score (nSPS) is 30.2. The Morgan fingerprint density at radius 2 is 1.77 bits per heavy atom. The predicted octanol–water partition coefficient (Wildman–Crippen LogP) is 0.138. The Labute approximate surface area is 151 Å². The fourth-order valence-corrected chi connectivity index (χ4v) is 4.40. The van der Waals surface area contributed by atoms with Gasteiger partial charge in [0.25, 0.3) is 21.9 Å². The minimum atomic E-state index is -4.71. The minimum absolute atomic E-state index is 0.183. The second kappa shape index (κ2) is 7.45. The first kappa shape index (κ1) is 19.0. The molecule has 144 valence electrons. The molecule has 3 rings (SSSR count). The summed E-state index contributed by atoms with van der Waals surface area (Å²) in [4.78, 5) is 43.1. The van der Waals surface area contributed by atoms with Crippen LogP contribution in [0.3, 0.4) is 0 Å². The van der Waals surface area contributed by atoms with E-state index in [0.717, 1.165) is 32.5 Å². The van der Waals surface area contributed by atoms with Crippen LogP contribution in [0.4, 0.5) is 0 Å². The van der Waals surface area contributed by atoms with Crippen molar-refractivity contribution in [3.8, 4) is 0 Å². The molecule has 2 heterocycles. The lowest BCUT2D eigenvalue weighted by molar-refractivity contribution is -0.201. The van der Waals surface area contributed by atoms with E-state index in [2.05, 4.69) is 17.1 Å². The van der Waals surface area contributed by atoms with E-state index in [-0.39, 0.29) is 5.06 Å². The van der Waals surface area contributed by atoms with Gasteiger partial charge in [0.15, 0.2) is 5.25 Å². The van der Waals surface area contributed by atoms with Crippen molar-refractivity contribution in [1.29, 1.82) is 0 Å². The Hall–Kier alpha value is -1.78. The van der Waals surface area contributed by atoms with Gasteiger partial charge >= 0.3 is 5.97 Å². The quantitative estimate of drug-likeness (QED) is 0.402. The van der Waals surface area contributed by atoms with Crippen molar-refractivity contribution in [2.45, 2.75) is 37.4 Å². The SMILES string of the molecule is O=C(ON1C(=O)CC(S(=O)(=O)O)C1=O)C1CCC(CN2CC=CC2)CC1. The van der Waals surface area contributed by atoms with Gasteiger partial charge in [-0.1, -0.05) is 12.2 Å². The molecule has 1 aliphatic carbocycles. The Kier molecular flexibility index (Phi) is 5.44. The standard InChI is InChI=1S/C16H22N2O7S/c19-14-9-13(26(22,23)24)15(20)18(14)25-16(21)12-5-3-11(4-6-12)10-17-7-1-2-8-17/h1-2,11-13H,3-10H2,(H,22,23,24). The number of rotatable bonds is 5. The van der Waals surface area contributed by atoms with Gasteiger partial charge in [-0.25, -0.2) is 4.79 Å². The number of hydroxylamine groups is 2. The van der Waals surface area contributed by atoms with Crippen molar-refractivity contribution < 1.29 is 32.2 Å². The largest absolute Gasteiger partial charge is 0.336 e. The van der Waals surface area contributed by atoms with Gasteiger partial charge in [-0.2, -0.15) is 8.42 Å². The molecule has 0 radical (unpaired) electrons. The second-order valence-electron chi connectivity index (χ2n) is 7.05. The van der Waals surface area contributed by atoms with E-state index < -0.39 is 45.5 Å². The van der Waals surface area contributed by atoms with Crippen LogP contribution < -0.4 is 0 Å². The average molecular weight is 386 g/mol. The molecular formula is C16H22N2O7S. The van der Waals surface area contributed by atoms with Gasteiger partial charge in [0.2, 0.25) is 0 Å². The summed E-state index contributed by atoms with van der Waals surface area (Å²) < 4.78 is 31.2. The fraction of sp³-hybridized carbons (Fsp3) is 0.688. The molecular weight excluding hydrogens is 364 g/mol. The van der Waals surface area contributed by atoms with Gasteiger partial charge in [0.1, 0.15) is 0 Å². The lowest BCUT2D eigenvalue weighted by Crippen LogP contribution is -2.39. The number of hydrogen-bond donors (Lipinski definition) is 1. The molecule has 9 nitrogen and oxygen atoms in total. The summed E-state index contributed by atoms with van der Waals surface area (Å²) in [6.07, 6.45) is 6.45. The Morgan fingerprint density at radius 1 is 1.15 bits per heavy atom. The summed E-state index contributed by atoms with van der Waals surface area (Å²) in [5.74, 6) is -2.79. The third-order valence-corrected chi connectivity index (χ3v) is 6.28. The van der Waals surface area contributed by atoms with E-state index in [0.29, 0.717) is 18.8 Å². The maximum absolute atomic E-state index is 12.3. The fourth-order valence-electron chi connectivity index (χ4n) is 3.69. The molecule has 0 aromatic carbocycles. The highest BCUT2D eigenvalue weighted by atomic mass is 32.2. The Balaban J connectivity index is 1.50. The molecule has 10 heteroatoms. The van der Waals surface area contributed by atoms with E-state index in [4.69, 9.17) is 9.39 Å². The molecule has 0 bridgehead atoms. The van der Waals surface area contributed by atoms with E-state index in [9.17, 15) is 22.8 Å². The molecule has 26 heavy (non-hydrogen) atoms. The number of amides is 2. The summed E-state index contributed by atoms with van der Waals surface area (Å²) in [5.41, 5.74) is 0. The predicted molar refractivity (Wildman–Crippen MR) is 88.9 cm³/mol. The lowest BCUT2D eigenvalue weighted by atomic mass is 9.82. The maximum atomic E-state index is 12.3. The highest BCUT2D eigenvalue weighted by molar-refractivity contribution is 7.87. The topological polar surface area (TPSA) is 121 Å². The molecule has 1 unspecified atom stereocenters. The number of carbonyl (C=O) groups excluding carboxylic acids is 3. The first-order valence-electron chi connectivity index (χ1n) is 8.68. The summed E-state index contributed by atoms with van der Waals surface area (Å²) in [7, 11) is -4.71. The van der Waals surface area contributed by atoms with Gasteiger partial charge in [-0.05, 0) is 31.6 Å². The molecule has 2 fully saturated rings. The van der Waals surface area contributed by atoms with E-state index in [1.54, 1.807) is 0 Å². The highest BCUT2D eigenvalue weighted by Gasteiger charge is 2.48. The summed E-state index contributed by atoms with van der Waals surface area (Å²) in [6, 6.07) is 0. The van der Waals surface area contributed by atoms with Crippen molar-refractivity contribution in [3.05, 3.63) is 12.2 Å². The first-order chi connectivity index (χ1) is 12.3. The Bertz CT molecular complexity index is 717. The third-order valence-electron chi connectivity index (χ3n) is 5.19. The number of nitrogens with zero attached hydrogens (tertiary/aromatic N) is 2. The second-order valence-corrected chi connectivity index (χ2v) is 8.65. The highest BCUT2D eigenvalue weighted by Crippen LogP contribution is 2.31. The van der Waals surface area contributed by atoms with Gasteiger partial charge in [-0.3, -0.25) is 19.0 Å². The van der Waals surface area contributed by atoms with Crippen molar-refractivity contribution in [3.63, 3.8) is 0 Å². The summed E-state index contributed by atoms with van der Waals surface area (Å²) in [5, 5.41) is -1.71. The molecule has 0 aromatic rings. The smallest absolute Gasteiger partial charge is 0.330 e. The van der Waals surface area contributed by atoms with Crippen molar-refractivity contribution in [1.82, 2.24) is 9.96 Å². The van der Waals surface area contributed by atoms with E-state index in [1.807, 2.05) is 0 Å². The minimum Gasteiger partial charge on any atom is -0.330 e. The van der Waals surface area contributed by atoms with Crippen LogP contribution in [0.2, 0.25) is 0 Å². The summed E-state index contributed by atoms with van der Waals surface area (Å²) in [6.45, 7) is 2.89. The Morgan fingerprint density at radius 3 is 2.31 bits per heavy atom. The van der Waals surface area contributed by atoms with Crippen LogP contribution in [0.1, 0.15) is 32.1 Å². The molecule has 0 aromatic heterocycles.